The zero-order valence-electron chi connectivity index (χ0n) is 16.7. The molecular weight excluding hydrogens is 411 g/mol. The highest BCUT2D eigenvalue weighted by Gasteiger charge is 2.37. The average Bonchev–Trinajstić information content (AvgIpc) is 2.69. The molecule has 30 heavy (non-hydrogen) atoms. The molecule has 1 N–H and O–H groups in total. The van der Waals surface area contributed by atoms with Crippen LogP contribution in [0.5, 0.6) is 0 Å². The minimum Gasteiger partial charge on any atom is -0.277 e. The van der Waals surface area contributed by atoms with Gasteiger partial charge in [0.1, 0.15) is 10.7 Å². The largest absolute Gasteiger partial charge is 0.277 e. The van der Waals surface area contributed by atoms with Crippen molar-refractivity contribution in [2.45, 2.75) is 50.1 Å². The standard InChI is InChI=1S/C20H23FN4O4S/c1-14-6-5-7-15(2)24(14)30(28,29)20-12-17(25(26)27)10-11-19(20)23-22-13-16-8-3-4-9-18(16)21/h3-4,8-15,23H,5-7H2,1-2H3/b22-13-/t14-,15+. The van der Waals surface area contributed by atoms with Crippen molar-refractivity contribution in [3.8, 4) is 0 Å². The van der Waals surface area contributed by atoms with E-state index in [0.717, 1.165) is 12.5 Å². The number of nitro benzene ring substituents is 1. The molecule has 0 unspecified atom stereocenters. The molecule has 0 amide bonds. The minimum absolute atomic E-state index is 0.0816. The van der Waals surface area contributed by atoms with Gasteiger partial charge in [0.15, 0.2) is 0 Å². The summed E-state index contributed by atoms with van der Waals surface area (Å²) in [5, 5.41) is 15.2. The Kier molecular flexibility index (Phi) is 6.47. The van der Waals surface area contributed by atoms with Crippen molar-refractivity contribution in [2.24, 2.45) is 5.10 Å². The van der Waals surface area contributed by atoms with E-state index in [9.17, 15) is 22.9 Å². The Labute approximate surface area is 174 Å². The van der Waals surface area contributed by atoms with Crippen LogP contribution >= 0.6 is 0 Å². The van der Waals surface area contributed by atoms with Crippen molar-refractivity contribution in [1.82, 2.24) is 4.31 Å². The van der Waals surface area contributed by atoms with Crippen LogP contribution < -0.4 is 5.43 Å². The second-order valence-corrected chi connectivity index (χ2v) is 9.10. The van der Waals surface area contributed by atoms with Crippen molar-refractivity contribution in [3.63, 3.8) is 0 Å². The van der Waals surface area contributed by atoms with Gasteiger partial charge in [0.25, 0.3) is 5.69 Å². The van der Waals surface area contributed by atoms with E-state index < -0.39 is 20.8 Å². The van der Waals surface area contributed by atoms with Crippen LogP contribution in [-0.2, 0) is 10.0 Å². The lowest BCUT2D eigenvalue weighted by atomic mass is 10.0. The Bertz CT molecular complexity index is 1060. The Balaban J connectivity index is 2.00. The number of benzene rings is 2. The lowest BCUT2D eigenvalue weighted by Crippen LogP contribution is -2.47. The molecule has 2 aromatic carbocycles. The highest BCUT2D eigenvalue weighted by Crippen LogP contribution is 2.34. The number of nitro groups is 1. The number of halogens is 1. The average molecular weight is 434 g/mol. The van der Waals surface area contributed by atoms with Gasteiger partial charge in [-0.2, -0.15) is 9.41 Å². The van der Waals surface area contributed by atoms with Gasteiger partial charge in [0, 0.05) is 29.8 Å². The Morgan fingerprint density at radius 2 is 1.87 bits per heavy atom. The molecule has 2 aromatic rings. The van der Waals surface area contributed by atoms with Gasteiger partial charge in [-0.15, -0.1) is 0 Å². The second-order valence-electron chi connectivity index (χ2n) is 7.29. The molecule has 160 valence electrons. The molecule has 1 aliphatic rings. The quantitative estimate of drug-likeness (QED) is 0.418. The molecule has 2 atom stereocenters. The molecule has 0 radical (unpaired) electrons. The van der Waals surface area contributed by atoms with Crippen LogP contribution in [0.4, 0.5) is 15.8 Å². The first-order chi connectivity index (χ1) is 14.2. The summed E-state index contributed by atoms with van der Waals surface area (Å²) in [5.41, 5.74) is 2.56. The monoisotopic (exact) mass is 434 g/mol. The fraction of sp³-hybridized carbons (Fsp3) is 0.350. The number of hydrazone groups is 1. The highest BCUT2D eigenvalue weighted by atomic mass is 32.2. The van der Waals surface area contributed by atoms with Crippen LogP contribution in [0, 0.1) is 15.9 Å². The molecule has 10 heteroatoms. The molecule has 0 bridgehead atoms. The van der Waals surface area contributed by atoms with Crippen LogP contribution in [0.2, 0.25) is 0 Å². The maximum Gasteiger partial charge on any atom is 0.270 e. The number of nitrogens with zero attached hydrogens (tertiary/aromatic N) is 3. The molecule has 0 aliphatic carbocycles. The van der Waals surface area contributed by atoms with E-state index >= 15 is 0 Å². The van der Waals surface area contributed by atoms with Crippen molar-refractivity contribution in [3.05, 3.63) is 64.0 Å². The summed E-state index contributed by atoms with van der Waals surface area (Å²) >= 11 is 0. The first kappa shape index (κ1) is 21.8. The predicted molar refractivity (Wildman–Crippen MR) is 113 cm³/mol. The normalized spacial score (nSPS) is 20.4. The molecule has 1 fully saturated rings. The summed E-state index contributed by atoms with van der Waals surface area (Å²) in [7, 11) is -4.03. The summed E-state index contributed by atoms with van der Waals surface area (Å²) in [6.45, 7) is 3.65. The number of hydrogen-bond donors (Lipinski definition) is 1. The molecule has 1 saturated heterocycles. The fourth-order valence-electron chi connectivity index (χ4n) is 3.67. The van der Waals surface area contributed by atoms with E-state index in [4.69, 9.17) is 0 Å². The van der Waals surface area contributed by atoms with Crippen LogP contribution in [0.15, 0.2) is 52.5 Å². The van der Waals surface area contributed by atoms with E-state index in [-0.39, 0.29) is 33.9 Å². The predicted octanol–water partition coefficient (Wildman–Crippen LogP) is 4.13. The van der Waals surface area contributed by atoms with Crippen molar-refractivity contribution in [1.29, 1.82) is 0 Å². The Hall–Kier alpha value is -2.85. The third-order valence-corrected chi connectivity index (χ3v) is 7.31. The molecular formula is C20H23FN4O4S. The van der Waals surface area contributed by atoms with Crippen molar-refractivity contribution < 1.29 is 17.7 Å². The summed E-state index contributed by atoms with van der Waals surface area (Å²) < 4.78 is 42.0. The van der Waals surface area contributed by atoms with Gasteiger partial charge in [-0.25, -0.2) is 12.8 Å². The maximum atomic E-state index is 13.8. The summed E-state index contributed by atoms with van der Waals surface area (Å²) in [5.74, 6) is -0.476. The van der Waals surface area contributed by atoms with E-state index in [1.54, 1.807) is 12.1 Å². The van der Waals surface area contributed by atoms with Gasteiger partial charge in [-0.3, -0.25) is 15.5 Å². The zero-order valence-corrected chi connectivity index (χ0v) is 17.5. The SMILES string of the molecule is C[C@@H]1CCC[C@H](C)N1S(=O)(=O)c1cc([N+](=O)[O-])ccc1N/N=C\c1ccccc1F. The Morgan fingerprint density at radius 3 is 2.50 bits per heavy atom. The number of nitrogens with one attached hydrogen (secondary N) is 1. The van der Waals surface area contributed by atoms with E-state index in [0.29, 0.717) is 12.8 Å². The molecule has 0 saturated carbocycles. The number of anilines is 1. The van der Waals surface area contributed by atoms with Crippen LogP contribution in [0.25, 0.3) is 0 Å². The molecule has 1 heterocycles. The topological polar surface area (TPSA) is 105 Å². The van der Waals surface area contributed by atoms with E-state index in [2.05, 4.69) is 10.5 Å². The van der Waals surface area contributed by atoms with Crippen molar-refractivity contribution in [2.75, 3.05) is 5.43 Å². The van der Waals surface area contributed by atoms with Gasteiger partial charge in [0.05, 0.1) is 16.8 Å². The van der Waals surface area contributed by atoms with Gasteiger partial charge in [0.2, 0.25) is 10.0 Å². The summed E-state index contributed by atoms with van der Waals surface area (Å²) in [6.07, 6.45) is 3.57. The number of hydrogen-bond acceptors (Lipinski definition) is 6. The van der Waals surface area contributed by atoms with E-state index in [1.165, 1.54) is 34.8 Å². The molecule has 3 rings (SSSR count). The minimum atomic E-state index is -4.03. The molecule has 8 nitrogen and oxygen atoms in total. The smallest absolute Gasteiger partial charge is 0.270 e. The number of non-ortho nitro benzene ring substituents is 1. The third-order valence-electron chi connectivity index (χ3n) is 5.14. The fourth-order valence-corrected chi connectivity index (χ4v) is 5.71. The van der Waals surface area contributed by atoms with Gasteiger partial charge in [-0.05, 0) is 38.8 Å². The van der Waals surface area contributed by atoms with Crippen LogP contribution in [-0.4, -0.2) is 35.9 Å². The number of sulfonamides is 1. The highest BCUT2D eigenvalue weighted by molar-refractivity contribution is 7.89. The van der Waals surface area contributed by atoms with Crippen LogP contribution in [0.3, 0.4) is 0 Å². The first-order valence-electron chi connectivity index (χ1n) is 9.57. The van der Waals surface area contributed by atoms with Gasteiger partial charge < -0.3 is 0 Å². The van der Waals surface area contributed by atoms with Gasteiger partial charge in [-0.1, -0.05) is 24.6 Å². The first-order valence-corrected chi connectivity index (χ1v) is 11.0. The Morgan fingerprint density at radius 1 is 1.20 bits per heavy atom. The van der Waals surface area contributed by atoms with E-state index in [1.807, 2.05) is 13.8 Å². The summed E-state index contributed by atoms with van der Waals surface area (Å²) in [6, 6.07) is 9.05. The third kappa shape index (κ3) is 4.49. The second kappa shape index (κ2) is 8.88. The van der Waals surface area contributed by atoms with Crippen molar-refractivity contribution >= 4 is 27.6 Å². The maximum absolute atomic E-state index is 13.8. The lowest BCUT2D eigenvalue weighted by Gasteiger charge is -2.37. The number of piperidine rings is 1. The molecule has 0 aromatic heterocycles. The number of rotatable bonds is 6. The lowest BCUT2D eigenvalue weighted by molar-refractivity contribution is -0.385. The van der Waals surface area contributed by atoms with Crippen LogP contribution in [0.1, 0.15) is 38.7 Å². The zero-order chi connectivity index (χ0) is 21.9. The summed E-state index contributed by atoms with van der Waals surface area (Å²) in [4.78, 5) is 10.4. The van der Waals surface area contributed by atoms with Gasteiger partial charge >= 0.3 is 0 Å². The molecule has 0 spiro atoms. The molecule has 1 aliphatic heterocycles.